The summed E-state index contributed by atoms with van der Waals surface area (Å²) >= 11 is 0. The SMILES string of the molecule is COC[C@@H]1CN(C(=O)c2ccc(N3CCOCC3)cc2)CC(C)(C)O1. The summed E-state index contributed by atoms with van der Waals surface area (Å²) in [5, 5.41) is 0. The van der Waals surface area contributed by atoms with E-state index in [0.29, 0.717) is 25.3 Å². The maximum Gasteiger partial charge on any atom is 0.254 e. The summed E-state index contributed by atoms with van der Waals surface area (Å²) in [5.74, 6) is 0.0472. The van der Waals surface area contributed by atoms with Gasteiger partial charge in [0.1, 0.15) is 0 Å². The van der Waals surface area contributed by atoms with Crippen molar-refractivity contribution in [1.82, 2.24) is 4.90 Å². The number of hydrogen-bond donors (Lipinski definition) is 0. The third-order valence-electron chi connectivity index (χ3n) is 4.61. The highest BCUT2D eigenvalue weighted by Gasteiger charge is 2.35. The number of ether oxygens (including phenoxy) is 3. The monoisotopic (exact) mass is 348 g/mol. The van der Waals surface area contributed by atoms with Gasteiger partial charge in [-0.1, -0.05) is 0 Å². The highest BCUT2D eigenvalue weighted by Crippen LogP contribution is 2.24. The van der Waals surface area contributed by atoms with E-state index in [1.165, 1.54) is 0 Å². The van der Waals surface area contributed by atoms with Gasteiger partial charge in [0.05, 0.1) is 31.5 Å². The summed E-state index contributed by atoms with van der Waals surface area (Å²) in [7, 11) is 1.65. The molecular formula is C19H28N2O4. The molecule has 0 aliphatic carbocycles. The Kier molecular flexibility index (Phi) is 5.61. The Morgan fingerprint density at radius 1 is 1.24 bits per heavy atom. The minimum atomic E-state index is -0.370. The number of carbonyl (C=O) groups is 1. The van der Waals surface area contributed by atoms with Crippen LogP contribution >= 0.6 is 0 Å². The van der Waals surface area contributed by atoms with Crippen LogP contribution in [0.3, 0.4) is 0 Å². The minimum Gasteiger partial charge on any atom is -0.382 e. The third-order valence-corrected chi connectivity index (χ3v) is 4.61. The van der Waals surface area contributed by atoms with Crippen LogP contribution in [-0.2, 0) is 14.2 Å². The van der Waals surface area contributed by atoms with E-state index >= 15 is 0 Å². The first-order valence-electron chi connectivity index (χ1n) is 8.87. The highest BCUT2D eigenvalue weighted by molar-refractivity contribution is 5.94. The van der Waals surface area contributed by atoms with E-state index in [2.05, 4.69) is 4.90 Å². The molecule has 2 saturated heterocycles. The zero-order valence-corrected chi connectivity index (χ0v) is 15.4. The van der Waals surface area contributed by atoms with Crippen molar-refractivity contribution in [2.75, 3.05) is 58.0 Å². The molecule has 1 amide bonds. The van der Waals surface area contributed by atoms with E-state index in [4.69, 9.17) is 14.2 Å². The second-order valence-electron chi connectivity index (χ2n) is 7.29. The Bertz CT molecular complexity index is 582. The van der Waals surface area contributed by atoms with E-state index in [1.54, 1.807) is 7.11 Å². The summed E-state index contributed by atoms with van der Waals surface area (Å²) in [5.41, 5.74) is 1.48. The predicted molar refractivity (Wildman–Crippen MR) is 96.2 cm³/mol. The van der Waals surface area contributed by atoms with Crippen LogP contribution in [0.15, 0.2) is 24.3 Å². The fourth-order valence-electron chi connectivity index (χ4n) is 3.54. The van der Waals surface area contributed by atoms with Crippen LogP contribution in [0.4, 0.5) is 5.69 Å². The number of carbonyl (C=O) groups excluding carboxylic acids is 1. The minimum absolute atomic E-state index is 0.0472. The molecule has 1 atom stereocenters. The molecular weight excluding hydrogens is 320 g/mol. The average Bonchev–Trinajstić information content (AvgIpc) is 2.61. The largest absolute Gasteiger partial charge is 0.382 e. The third kappa shape index (κ3) is 4.51. The van der Waals surface area contributed by atoms with E-state index in [9.17, 15) is 4.79 Å². The van der Waals surface area contributed by atoms with Gasteiger partial charge in [0.2, 0.25) is 0 Å². The lowest BCUT2D eigenvalue weighted by Gasteiger charge is -2.42. The second kappa shape index (κ2) is 7.72. The molecule has 0 spiro atoms. The summed E-state index contributed by atoms with van der Waals surface area (Å²) in [6.07, 6.45) is -0.0923. The summed E-state index contributed by atoms with van der Waals surface area (Å²) in [6.45, 7) is 8.94. The Labute approximate surface area is 149 Å². The molecule has 1 aromatic carbocycles. The molecule has 6 nitrogen and oxygen atoms in total. The predicted octanol–water partition coefficient (Wildman–Crippen LogP) is 1.79. The molecule has 0 N–H and O–H groups in total. The van der Waals surface area contributed by atoms with E-state index in [1.807, 2.05) is 43.0 Å². The lowest BCUT2D eigenvalue weighted by Crippen LogP contribution is -2.55. The van der Waals surface area contributed by atoms with Crippen molar-refractivity contribution in [3.05, 3.63) is 29.8 Å². The van der Waals surface area contributed by atoms with Gasteiger partial charge < -0.3 is 24.0 Å². The second-order valence-corrected chi connectivity index (χ2v) is 7.29. The molecule has 0 aromatic heterocycles. The van der Waals surface area contributed by atoms with Gasteiger partial charge in [0, 0.05) is 44.5 Å². The molecule has 2 aliphatic heterocycles. The lowest BCUT2D eigenvalue weighted by molar-refractivity contribution is -0.143. The van der Waals surface area contributed by atoms with Crippen LogP contribution in [-0.4, -0.2) is 75.6 Å². The van der Waals surface area contributed by atoms with E-state index in [-0.39, 0.29) is 17.6 Å². The number of rotatable bonds is 4. The van der Waals surface area contributed by atoms with Gasteiger partial charge in [-0.2, -0.15) is 0 Å². The molecule has 0 saturated carbocycles. The van der Waals surface area contributed by atoms with Crippen molar-refractivity contribution in [2.24, 2.45) is 0 Å². The van der Waals surface area contributed by atoms with Crippen LogP contribution in [0.1, 0.15) is 24.2 Å². The quantitative estimate of drug-likeness (QED) is 0.830. The molecule has 6 heteroatoms. The van der Waals surface area contributed by atoms with Crippen LogP contribution in [0.5, 0.6) is 0 Å². The molecule has 3 rings (SSSR count). The Balaban J connectivity index is 1.69. The number of anilines is 1. The first-order valence-corrected chi connectivity index (χ1v) is 8.87. The normalized spacial score (nSPS) is 23.6. The topological polar surface area (TPSA) is 51.2 Å². The molecule has 0 bridgehead atoms. The van der Waals surface area contributed by atoms with Gasteiger partial charge in [0.25, 0.3) is 5.91 Å². The van der Waals surface area contributed by atoms with Gasteiger partial charge in [-0.15, -0.1) is 0 Å². The molecule has 25 heavy (non-hydrogen) atoms. The maximum absolute atomic E-state index is 12.9. The number of benzene rings is 1. The molecule has 138 valence electrons. The molecule has 0 unspecified atom stereocenters. The van der Waals surface area contributed by atoms with Crippen LogP contribution in [0.2, 0.25) is 0 Å². The number of methoxy groups -OCH3 is 1. The fourth-order valence-corrected chi connectivity index (χ4v) is 3.54. The summed E-state index contributed by atoms with van der Waals surface area (Å²) in [6, 6.07) is 7.88. The number of morpholine rings is 2. The molecule has 2 aliphatic rings. The van der Waals surface area contributed by atoms with Crippen molar-refractivity contribution in [3.8, 4) is 0 Å². The molecule has 2 heterocycles. The first kappa shape index (κ1) is 18.2. The van der Waals surface area contributed by atoms with Gasteiger partial charge in [-0.25, -0.2) is 0 Å². The Morgan fingerprint density at radius 2 is 1.92 bits per heavy atom. The number of nitrogens with zero attached hydrogens (tertiary/aromatic N) is 2. The average molecular weight is 348 g/mol. The number of hydrogen-bond acceptors (Lipinski definition) is 5. The summed E-state index contributed by atoms with van der Waals surface area (Å²) < 4.78 is 16.6. The Morgan fingerprint density at radius 3 is 2.56 bits per heavy atom. The first-order chi connectivity index (χ1) is 12.0. The van der Waals surface area contributed by atoms with Crippen molar-refractivity contribution < 1.29 is 19.0 Å². The van der Waals surface area contributed by atoms with Crippen molar-refractivity contribution in [2.45, 2.75) is 25.6 Å². The highest BCUT2D eigenvalue weighted by atomic mass is 16.5. The Hall–Kier alpha value is -1.63. The maximum atomic E-state index is 12.9. The van der Waals surface area contributed by atoms with Gasteiger partial charge in [0.15, 0.2) is 0 Å². The standard InChI is InChI=1S/C19H28N2O4/c1-19(2)14-21(12-17(25-19)13-23-3)18(22)15-4-6-16(7-5-15)20-8-10-24-11-9-20/h4-7,17H,8-14H2,1-3H3/t17-/m0/s1. The zero-order chi connectivity index (χ0) is 17.9. The van der Waals surface area contributed by atoms with Gasteiger partial charge >= 0.3 is 0 Å². The molecule has 1 aromatic rings. The van der Waals surface area contributed by atoms with Crippen molar-refractivity contribution in [3.63, 3.8) is 0 Å². The van der Waals surface area contributed by atoms with Crippen LogP contribution in [0, 0.1) is 0 Å². The van der Waals surface area contributed by atoms with Crippen LogP contribution in [0.25, 0.3) is 0 Å². The van der Waals surface area contributed by atoms with Gasteiger partial charge in [-0.3, -0.25) is 4.79 Å². The lowest BCUT2D eigenvalue weighted by atomic mass is 10.0. The van der Waals surface area contributed by atoms with E-state index in [0.717, 1.165) is 32.0 Å². The van der Waals surface area contributed by atoms with Crippen LogP contribution < -0.4 is 4.90 Å². The van der Waals surface area contributed by atoms with Crippen molar-refractivity contribution >= 4 is 11.6 Å². The molecule has 2 fully saturated rings. The molecule has 0 radical (unpaired) electrons. The fraction of sp³-hybridized carbons (Fsp3) is 0.632. The smallest absolute Gasteiger partial charge is 0.254 e. The zero-order valence-electron chi connectivity index (χ0n) is 15.4. The summed E-state index contributed by atoms with van der Waals surface area (Å²) in [4.78, 5) is 17.1. The van der Waals surface area contributed by atoms with E-state index < -0.39 is 0 Å². The van der Waals surface area contributed by atoms with Gasteiger partial charge in [-0.05, 0) is 38.1 Å². The number of amides is 1. The van der Waals surface area contributed by atoms with Crippen molar-refractivity contribution in [1.29, 1.82) is 0 Å².